The van der Waals surface area contributed by atoms with E-state index in [0.29, 0.717) is 6.54 Å². The molecule has 2 unspecified atom stereocenters. The highest BCUT2D eigenvalue weighted by Gasteiger charge is 2.29. The predicted octanol–water partition coefficient (Wildman–Crippen LogP) is 2.24. The Morgan fingerprint density at radius 3 is 2.65 bits per heavy atom. The first-order valence-corrected chi connectivity index (χ1v) is 6.98. The van der Waals surface area contributed by atoms with Gasteiger partial charge in [-0.25, -0.2) is 8.78 Å². The summed E-state index contributed by atoms with van der Waals surface area (Å²) in [5, 5.41) is 0. The van der Waals surface area contributed by atoms with Crippen LogP contribution in [0.2, 0.25) is 0 Å². The third-order valence-electron chi connectivity index (χ3n) is 3.87. The van der Waals surface area contributed by atoms with E-state index in [-0.39, 0.29) is 30.0 Å². The van der Waals surface area contributed by atoms with Crippen LogP contribution in [0.1, 0.15) is 31.7 Å². The fourth-order valence-electron chi connectivity index (χ4n) is 2.77. The summed E-state index contributed by atoms with van der Waals surface area (Å²) in [6.07, 6.45) is 2.55. The second-order valence-corrected chi connectivity index (χ2v) is 5.39. The van der Waals surface area contributed by atoms with Gasteiger partial charge in [0, 0.05) is 24.2 Å². The molecule has 0 spiro atoms. The van der Waals surface area contributed by atoms with Crippen molar-refractivity contribution in [1.82, 2.24) is 4.90 Å². The molecular formula is C15H20F2N2O. The standard InChI is InChI=1S/C15H20F2N2O/c1-10(18)14-7-2-3-8-19(14)15(20)9-11-12(16)5-4-6-13(11)17/h4-6,10,14H,2-3,7-9,18H2,1H3. The molecule has 110 valence electrons. The molecule has 2 atom stereocenters. The molecule has 3 nitrogen and oxygen atoms in total. The van der Waals surface area contributed by atoms with Crippen LogP contribution < -0.4 is 5.73 Å². The maximum atomic E-state index is 13.6. The molecule has 1 aliphatic heterocycles. The number of likely N-dealkylation sites (tertiary alicyclic amines) is 1. The van der Waals surface area contributed by atoms with Crippen molar-refractivity contribution in [3.63, 3.8) is 0 Å². The van der Waals surface area contributed by atoms with Gasteiger partial charge in [0.2, 0.25) is 5.91 Å². The first kappa shape index (κ1) is 14.9. The fourth-order valence-corrected chi connectivity index (χ4v) is 2.77. The van der Waals surface area contributed by atoms with Gasteiger partial charge in [-0.3, -0.25) is 4.79 Å². The highest BCUT2D eigenvalue weighted by molar-refractivity contribution is 5.79. The van der Waals surface area contributed by atoms with Gasteiger partial charge in [0.05, 0.1) is 6.42 Å². The van der Waals surface area contributed by atoms with E-state index in [1.54, 1.807) is 4.90 Å². The Morgan fingerprint density at radius 1 is 1.40 bits per heavy atom. The number of rotatable bonds is 3. The molecule has 1 aromatic carbocycles. The van der Waals surface area contributed by atoms with Crippen LogP contribution in [0.25, 0.3) is 0 Å². The maximum Gasteiger partial charge on any atom is 0.227 e. The number of benzene rings is 1. The SMILES string of the molecule is CC(N)C1CCCCN1C(=O)Cc1c(F)cccc1F. The smallest absolute Gasteiger partial charge is 0.227 e. The predicted molar refractivity (Wildman–Crippen MR) is 73.1 cm³/mol. The second kappa shape index (κ2) is 6.31. The van der Waals surface area contributed by atoms with Crippen molar-refractivity contribution in [2.75, 3.05) is 6.54 Å². The number of nitrogens with two attached hydrogens (primary N) is 1. The molecule has 2 N–H and O–H groups in total. The van der Waals surface area contributed by atoms with Crippen molar-refractivity contribution < 1.29 is 13.6 Å². The summed E-state index contributed by atoms with van der Waals surface area (Å²) in [4.78, 5) is 14.0. The summed E-state index contributed by atoms with van der Waals surface area (Å²) in [7, 11) is 0. The monoisotopic (exact) mass is 282 g/mol. The van der Waals surface area contributed by atoms with Gasteiger partial charge < -0.3 is 10.6 Å². The summed E-state index contributed by atoms with van der Waals surface area (Å²) in [5.74, 6) is -1.60. The van der Waals surface area contributed by atoms with Crippen molar-refractivity contribution in [3.05, 3.63) is 35.4 Å². The third-order valence-corrected chi connectivity index (χ3v) is 3.87. The molecule has 1 heterocycles. The fraction of sp³-hybridized carbons (Fsp3) is 0.533. The Morgan fingerprint density at radius 2 is 2.05 bits per heavy atom. The molecule has 1 aliphatic rings. The Kier molecular flexibility index (Phi) is 4.70. The quantitative estimate of drug-likeness (QED) is 0.924. The van der Waals surface area contributed by atoms with Crippen molar-refractivity contribution in [1.29, 1.82) is 0 Å². The van der Waals surface area contributed by atoms with Crippen LogP contribution in [0.3, 0.4) is 0 Å². The van der Waals surface area contributed by atoms with Crippen molar-refractivity contribution >= 4 is 5.91 Å². The molecule has 1 amide bonds. The lowest BCUT2D eigenvalue weighted by Gasteiger charge is -2.38. The average Bonchev–Trinajstić information content (AvgIpc) is 2.43. The summed E-state index contributed by atoms with van der Waals surface area (Å²) >= 11 is 0. The normalized spacial score (nSPS) is 20.8. The number of halogens is 2. The number of carbonyl (C=O) groups is 1. The van der Waals surface area contributed by atoms with Gasteiger partial charge in [-0.1, -0.05) is 6.07 Å². The zero-order valence-corrected chi connectivity index (χ0v) is 11.6. The molecule has 1 fully saturated rings. The lowest BCUT2D eigenvalue weighted by molar-refractivity contribution is -0.134. The minimum absolute atomic E-state index is 0.0360. The molecule has 0 saturated carbocycles. The van der Waals surface area contributed by atoms with Crippen LogP contribution in [0.15, 0.2) is 18.2 Å². The molecule has 20 heavy (non-hydrogen) atoms. The summed E-state index contributed by atoms with van der Waals surface area (Å²) in [6, 6.07) is 3.47. The summed E-state index contributed by atoms with van der Waals surface area (Å²) in [6.45, 7) is 2.47. The first-order valence-electron chi connectivity index (χ1n) is 6.98. The Hall–Kier alpha value is -1.49. The van der Waals surface area contributed by atoms with Crippen LogP contribution in [-0.4, -0.2) is 29.4 Å². The van der Waals surface area contributed by atoms with Gasteiger partial charge in [-0.2, -0.15) is 0 Å². The van der Waals surface area contributed by atoms with E-state index >= 15 is 0 Å². The van der Waals surface area contributed by atoms with Gasteiger partial charge in [0.1, 0.15) is 11.6 Å². The molecule has 1 saturated heterocycles. The van der Waals surface area contributed by atoms with E-state index < -0.39 is 11.6 Å². The topological polar surface area (TPSA) is 46.3 Å². The van der Waals surface area contributed by atoms with Crippen molar-refractivity contribution in [2.45, 2.75) is 44.7 Å². The van der Waals surface area contributed by atoms with E-state index in [0.717, 1.165) is 19.3 Å². The molecule has 0 bridgehead atoms. The van der Waals surface area contributed by atoms with E-state index in [1.165, 1.54) is 18.2 Å². The van der Waals surface area contributed by atoms with Gasteiger partial charge in [-0.05, 0) is 38.3 Å². The number of amides is 1. The lowest BCUT2D eigenvalue weighted by atomic mass is 9.96. The zero-order chi connectivity index (χ0) is 14.7. The Balaban J connectivity index is 2.14. The molecule has 2 rings (SSSR count). The van der Waals surface area contributed by atoms with Crippen molar-refractivity contribution in [2.24, 2.45) is 5.73 Å². The molecular weight excluding hydrogens is 262 g/mol. The van der Waals surface area contributed by atoms with Crippen LogP contribution in [0.5, 0.6) is 0 Å². The number of hydrogen-bond donors (Lipinski definition) is 1. The molecule has 5 heteroatoms. The van der Waals surface area contributed by atoms with Crippen LogP contribution >= 0.6 is 0 Å². The van der Waals surface area contributed by atoms with Gasteiger partial charge in [-0.15, -0.1) is 0 Å². The van der Waals surface area contributed by atoms with E-state index in [1.807, 2.05) is 6.92 Å². The van der Waals surface area contributed by atoms with E-state index in [2.05, 4.69) is 0 Å². The minimum atomic E-state index is -0.673. The van der Waals surface area contributed by atoms with E-state index in [9.17, 15) is 13.6 Å². The Bertz CT molecular complexity index is 471. The largest absolute Gasteiger partial charge is 0.338 e. The number of nitrogens with zero attached hydrogens (tertiary/aromatic N) is 1. The molecule has 0 aliphatic carbocycles. The lowest BCUT2D eigenvalue weighted by Crippen LogP contribution is -2.52. The van der Waals surface area contributed by atoms with Crippen molar-refractivity contribution in [3.8, 4) is 0 Å². The van der Waals surface area contributed by atoms with Gasteiger partial charge >= 0.3 is 0 Å². The number of piperidine rings is 1. The second-order valence-electron chi connectivity index (χ2n) is 5.39. The third kappa shape index (κ3) is 3.15. The zero-order valence-electron chi connectivity index (χ0n) is 11.6. The summed E-state index contributed by atoms with van der Waals surface area (Å²) in [5.41, 5.74) is 5.75. The first-order chi connectivity index (χ1) is 9.50. The highest BCUT2D eigenvalue weighted by atomic mass is 19.1. The number of carbonyl (C=O) groups excluding carboxylic acids is 1. The minimum Gasteiger partial charge on any atom is -0.338 e. The Labute approximate surface area is 117 Å². The molecule has 0 aromatic heterocycles. The van der Waals surface area contributed by atoms with Gasteiger partial charge in [0.25, 0.3) is 0 Å². The van der Waals surface area contributed by atoms with E-state index in [4.69, 9.17) is 5.73 Å². The molecule has 0 radical (unpaired) electrons. The van der Waals surface area contributed by atoms with Crippen LogP contribution in [0.4, 0.5) is 8.78 Å². The van der Waals surface area contributed by atoms with Crippen LogP contribution in [0, 0.1) is 11.6 Å². The van der Waals surface area contributed by atoms with Gasteiger partial charge in [0.15, 0.2) is 0 Å². The highest BCUT2D eigenvalue weighted by Crippen LogP contribution is 2.21. The maximum absolute atomic E-state index is 13.6. The number of hydrogen-bond acceptors (Lipinski definition) is 2. The summed E-state index contributed by atoms with van der Waals surface area (Å²) < 4.78 is 27.2. The van der Waals surface area contributed by atoms with Crippen LogP contribution in [-0.2, 0) is 11.2 Å². The average molecular weight is 282 g/mol. The molecule has 1 aromatic rings.